The molecule has 0 fully saturated rings. The molecule has 3 aromatic carbocycles. The van der Waals surface area contributed by atoms with Crippen molar-refractivity contribution in [3.05, 3.63) is 97.9 Å². The zero-order valence-corrected chi connectivity index (χ0v) is 20.3. The molecule has 0 saturated heterocycles. The lowest BCUT2D eigenvalue weighted by Gasteiger charge is -2.10. The monoisotopic (exact) mass is 593 g/mol. The van der Waals surface area contributed by atoms with Gasteiger partial charge in [-0.1, -0.05) is 28.1 Å². The van der Waals surface area contributed by atoms with E-state index in [-0.39, 0.29) is 16.9 Å². The number of ether oxygens (including phenoxy) is 1. The number of esters is 1. The summed E-state index contributed by atoms with van der Waals surface area (Å²) in [6.07, 6.45) is 1.23. The smallest absolute Gasteiger partial charge is 0.343 e. The van der Waals surface area contributed by atoms with Crippen LogP contribution in [0.25, 0.3) is 0 Å². The molecule has 34 heavy (non-hydrogen) atoms. The van der Waals surface area contributed by atoms with Crippen molar-refractivity contribution in [3.8, 4) is 5.75 Å². The molecule has 0 heterocycles. The molecule has 2 amide bonds. The number of hydrogen-bond acceptors (Lipinski definition) is 5. The average Bonchev–Trinajstić information content (AvgIpc) is 2.79. The summed E-state index contributed by atoms with van der Waals surface area (Å²) >= 11 is 6.61. The Balaban J connectivity index is 1.65. The van der Waals surface area contributed by atoms with Gasteiger partial charge in [0.25, 0.3) is 11.8 Å². The van der Waals surface area contributed by atoms with Crippen LogP contribution in [-0.2, 0) is 4.79 Å². The Kier molecular flexibility index (Phi) is 8.61. The summed E-state index contributed by atoms with van der Waals surface area (Å²) < 4.78 is 33.1. The molecule has 0 radical (unpaired) electrons. The number of hydrazone groups is 1. The van der Waals surface area contributed by atoms with E-state index >= 15 is 0 Å². The van der Waals surface area contributed by atoms with Crippen LogP contribution < -0.4 is 15.5 Å². The highest BCUT2D eigenvalue weighted by Crippen LogP contribution is 2.32. The summed E-state index contributed by atoms with van der Waals surface area (Å²) in [7, 11) is 0. The van der Waals surface area contributed by atoms with E-state index < -0.39 is 36.0 Å². The van der Waals surface area contributed by atoms with Crippen LogP contribution in [-0.4, -0.2) is 30.5 Å². The summed E-state index contributed by atoms with van der Waals surface area (Å²) in [5.74, 6) is -3.13. The fourth-order valence-corrected chi connectivity index (χ4v) is 4.00. The summed E-state index contributed by atoms with van der Waals surface area (Å²) in [5.41, 5.74) is 2.63. The third-order valence-electron chi connectivity index (χ3n) is 4.18. The first-order valence-electron chi connectivity index (χ1n) is 9.55. The maximum absolute atomic E-state index is 13.4. The molecule has 0 bridgehead atoms. The van der Waals surface area contributed by atoms with Crippen molar-refractivity contribution in [1.29, 1.82) is 0 Å². The molecule has 0 spiro atoms. The lowest BCUT2D eigenvalue weighted by molar-refractivity contribution is -0.120. The average molecular weight is 595 g/mol. The van der Waals surface area contributed by atoms with Gasteiger partial charge in [0.1, 0.15) is 11.6 Å². The van der Waals surface area contributed by atoms with E-state index in [0.717, 1.165) is 12.1 Å². The molecule has 0 saturated carbocycles. The van der Waals surface area contributed by atoms with Crippen LogP contribution in [0.4, 0.5) is 8.78 Å². The van der Waals surface area contributed by atoms with Crippen molar-refractivity contribution < 1.29 is 27.9 Å². The van der Waals surface area contributed by atoms with Crippen molar-refractivity contribution in [1.82, 2.24) is 10.7 Å². The number of nitrogens with one attached hydrogen (secondary N) is 2. The van der Waals surface area contributed by atoms with Crippen LogP contribution in [0.2, 0.25) is 0 Å². The molecule has 0 aliphatic heterocycles. The molecule has 7 nitrogen and oxygen atoms in total. The Bertz CT molecular complexity index is 1280. The minimum atomic E-state index is -0.790. The SMILES string of the molecule is O=C(CNC(=O)c1cccc(F)c1)N/N=C\c1cc(Br)cc(Br)c1OC(=O)c1cccc(F)c1. The summed E-state index contributed by atoms with van der Waals surface area (Å²) in [6.45, 7) is -0.406. The van der Waals surface area contributed by atoms with E-state index in [4.69, 9.17) is 4.74 Å². The molecular weight excluding hydrogens is 580 g/mol. The number of rotatable bonds is 7. The zero-order chi connectivity index (χ0) is 24.7. The molecule has 174 valence electrons. The van der Waals surface area contributed by atoms with Crippen LogP contribution in [0.1, 0.15) is 26.3 Å². The third kappa shape index (κ3) is 7.03. The normalized spacial score (nSPS) is 10.7. The van der Waals surface area contributed by atoms with Gasteiger partial charge in [0, 0.05) is 15.6 Å². The van der Waals surface area contributed by atoms with Crippen LogP contribution in [0.5, 0.6) is 5.75 Å². The first-order valence-corrected chi connectivity index (χ1v) is 11.1. The fraction of sp³-hybridized carbons (Fsp3) is 0.0435. The molecule has 0 atom stereocenters. The van der Waals surface area contributed by atoms with Crippen molar-refractivity contribution >= 4 is 55.9 Å². The molecule has 0 aromatic heterocycles. The van der Waals surface area contributed by atoms with E-state index in [1.54, 1.807) is 12.1 Å². The number of hydrogen-bond donors (Lipinski definition) is 2. The van der Waals surface area contributed by atoms with Gasteiger partial charge in [0.05, 0.1) is 22.8 Å². The zero-order valence-electron chi connectivity index (χ0n) is 17.2. The van der Waals surface area contributed by atoms with Gasteiger partial charge in [-0.05, 0) is 64.5 Å². The van der Waals surface area contributed by atoms with Crippen molar-refractivity contribution in [2.24, 2.45) is 5.10 Å². The summed E-state index contributed by atoms with van der Waals surface area (Å²) in [5, 5.41) is 6.16. The largest absolute Gasteiger partial charge is 0.421 e. The van der Waals surface area contributed by atoms with Crippen LogP contribution in [0, 0.1) is 11.6 Å². The second-order valence-electron chi connectivity index (χ2n) is 6.69. The van der Waals surface area contributed by atoms with Gasteiger partial charge >= 0.3 is 5.97 Å². The van der Waals surface area contributed by atoms with E-state index in [1.807, 2.05) is 0 Å². The number of amides is 2. The molecule has 3 aromatic rings. The Labute approximate surface area is 209 Å². The van der Waals surface area contributed by atoms with E-state index in [9.17, 15) is 23.2 Å². The highest BCUT2D eigenvalue weighted by atomic mass is 79.9. The summed E-state index contributed by atoms with van der Waals surface area (Å²) in [4.78, 5) is 36.4. The van der Waals surface area contributed by atoms with Gasteiger partial charge < -0.3 is 10.1 Å². The van der Waals surface area contributed by atoms with E-state index in [0.29, 0.717) is 14.5 Å². The highest BCUT2D eigenvalue weighted by Gasteiger charge is 2.16. The quantitative estimate of drug-likeness (QED) is 0.181. The Morgan fingerprint density at radius 1 is 0.941 bits per heavy atom. The van der Waals surface area contributed by atoms with Gasteiger partial charge in [-0.25, -0.2) is 19.0 Å². The van der Waals surface area contributed by atoms with E-state index in [2.05, 4.69) is 47.7 Å². The molecule has 3 rings (SSSR count). The lowest BCUT2D eigenvalue weighted by Crippen LogP contribution is -2.34. The number of carbonyl (C=O) groups is 3. The molecule has 0 aliphatic rings. The second-order valence-corrected chi connectivity index (χ2v) is 8.46. The van der Waals surface area contributed by atoms with E-state index in [1.165, 1.54) is 42.6 Å². The molecular formula is C23H15Br2F2N3O4. The predicted molar refractivity (Wildman–Crippen MR) is 128 cm³/mol. The predicted octanol–water partition coefficient (Wildman–Crippen LogP) is 4.59. The van der Waals surface area contributed by atoms with Crippen LogP contribution in [0.3, 0.4) is 0 Å². The standard InChI is InChI=1S/C23H15Br2F2N3O4/c24-16-7-15(21(19(25)10-16)34-23(33)14-4-2-6-18(27)9-14)11-29-30-20(31)12-28-22(32)13-3-1-5-17(26)8-13/h1-11H,12H2,(H,28,32)(H,30,31)/b29-11-. The first kappa shape index (κ1) is 25.2. The van der Waals surface area contributed by atoms with Gasteiger partial charge in [0.2, 0.25) is 0 Å². The maximum atomic E-state index is 13.4. The van der Waals surface area contributed by atoms with Gasteiger partial charge in [-0.2, -0.15) is 5.10 Å². The Morgan fingerprint density at radius 2 is 1.59 bits per heavy atom. The van der Waals surface area contributed by atoms with Gasteiger partial charge in [-0.15, -0.1) is 0 Å². The Hall–Kier alpha value is -3.44. The molecule has 2 N–H and O–H groups in total. The number of nitrogens with zero attached hydrogens (tertiary/aromatic N) is 1. The van der Waals surface area contributed by atoms with Crippen LogP contribution in [0.15, 0.2) is 74.7 Å². The molecule has 11 heteroatoms. The van der Waals surface area contributed by atoms with Crippen molar-refractivity contribution in [2.75, 3.05) is 6.54 Å². The first-order chi connectivity index (χ1) is 16.2. The summed E-state index contributed by atoms with van der Waals surface area (Å²) in [6, 6.07) is 13.3. The molecule has 0 unspecified atom stereocenters. The van der Waals surface area contributed by atoms with Crippen molar-refractivity contribution in [3.63, 3.8) is 0 Å². The highest BCUT2D eigenvalue weighted by molar-refractivity contribution is 9.11. The minimum absolute atomic E-state index is 0.0139. The van der Waals surface area contributed by atoms with Gasteiger partial charge in [0.15, 0.2) is 5.75 Å². The lowest BCUT2D eigenvalue weighted by atomic mass is 10.2. The van der Waals surface area contributed by atoms with Gasteiger partial charge in [-0.3, -0.25) is 9.59 Å². The number of carbonyl (C=O) groups excluding carboxylic acids is 3. The maximum Gasteiger partial charge on any atom is 0.343 e. The fourth-order valence-electron chi connectivity index (χ4n) is 2.66. The van der Waals surface area contributed by atoms with Crippen molar-refractivity contribution in [2.45, 2.75) is 0 Å². The number of halogens is 4. The second kappa shape index (κ2) is 11.6. The third-order valence-corrected chi connectivity index (χ3v) is 5.23. The topological polar surface area (TPSA) is 96.9 Å². The minimum Gasteiger partial charge on any atom is -0.421 e. The number of benzene rings is 3. The van der Waals surface area contributed by atoms with Crippen LogP contribution >= 0.6 is 31.9 Å². The Morgan fingerprint density at radius 3 is 2.26 bits per heavy atom. The molecule has 0 aliphatic carbocycles.